The second-order valence-corrected chi connectivity index (χ2v) is 12.3. The zero-order valence-corrected chi connectivity index (χ0v) is 25.2. The highest BCUT2D eigenvalue weighted by Crippen LogP contribution is 2.32. The number of rotatable bonds is 15. The van der Waals surface area contributed by atoms with Crippen LogP contribution in [0.25, 0.3) is 0 Å². The first-order valence-corrected chi connectivity index (χ1v) is 16.0. The van der Waals surface area contributed by atoms with Gasteiger partial charge in [0.25, 0.3) is 0 Å². The van der Waals surface area contributed by atoms with Crippen molar-refractivity contribution in [2.75, 3.05) is 23.7 Å². The highest BCUT2D eigenvalue weighted by Gasteiger charge is 2.32. The van der Waals surface area contributed by atoms with Gasteiger partial charge in [-0.05, 0) is 42.2 Å². The maximum absolute atomic E-state index is 13.8. The van der Waals surface area contributed by atoms with Crippen molar-refractivity contribution in [1.82, 2.24) is 10.2 Å². The number of alkyl halides is 3. The zero-order valence-electron chi connectivity index (χ0n) is 24.4. The molecule has 0 aromatic heterocycles. The minimum Gasteiger partial charge on any atom is -0.354 e. The Kier molecular flexibility index (Phi) is 12.2. The van der Waals surface area contributed by atoms with Crippen LogP contribution in [0.4, 0.5) is 18.9 Å². The third-order valence-corrected chi connectivity index (χ3v) is 8.10. The summed E-state index contributed by atoms with van der Waals surface area (Å²) < 4.78 is 65.9. The number of benzene rings is 3. The van der Waals surface area contributed by atoms with Crippen LogP contribution in [0.15, 0.2) is 84.9 Å². The van der Waals surface area contributed by atoms with Crippen molar-refractivity contribution in [3.63, 3.8) is 0 Å². The number of hydrogen-bond acceptors (Lipinski definition) is 4. The summed E-state index contributed by atoms with van der Waals surface area (Å²) in [5, 5.41) is 2.95. The maximum atomic E-state index is 13.8. The van der Waals surface area contributed by atoms with Gasteiger partial charge in [0.05, 0.1) is 17.5 Å². The first-order chi connectivity index (χ1) is 20.4. The average molecular weight is 618 g/mol. The van der Waals surface area contributed by atoms with E-state index < -0.39 is 27.8 Å². The number of carbonyl (C=O) groups excluding carboxylic acids is 2. The van der Waals surface area contributed by atoms with Crippen LogP contribution in [0.2, 0.25) is 0 Å². The number of nitrogens with one attached hydrogen (secondary N) is 1. The van der Waals surface area contributed by atoms with E-state index in [9.17, 15) is 31.2 Å². The molecule has 0 fully saturated rings. The predicted molar refractivity (Wildman–Crippen MR) is 162 cm³/mol. The van der Waals surface area contributed by atoms with Gasteiger partial charge in [-0.1, -0.05) is 80.1 Å². The molecule has 0 aliphatic heterocycles. The van der Waals surface area contributed by atoms with Crippen molar-refractivity contribution in [1.29, 1.82) is 0 Å². The molecule has 0 spiro atoms. The summed E-state index contributed by atoms with van der Waals surface area (Å²) in [7, 11) is -3.95. The minimum atomic E-state index is -4.64. The Morgan fingerprint density at radius 3 is 2.09 bits per heavy atom. The quantitative estimate of drug-likeness (QED) is 0.218. The van der Waals surface area contributed by atoms with Gasteiger partial charge in [0.15, 0.2) is 0 Å². The summed E-state index contributed by atoms with van der Waals surface area (Å²) in [5.74, 6) is -0.656. The summed E-state index contributed by atoms with van der Waals surface area (Å²) in [6, 6.07) is 21.8. The Hall–Kier alpha value is -3.86. The van der Waals surface area contributed by atoms with E-state index in [0.717, 1.165) is 52.7 Å². The van der Waals surface area contributed by atoms with Gasteiger partial charge in [0, 0.05) is 32.5 Å². The normalized spacial score (nSPS) is 12.4. The fourth-order valence-corrected chi connectivity index (χ4v) is 5.64. The maximum Gasteiger partial charge on any atom is 0.416 e. The highest BCUT2D eigenvalue weighted by molar-refractivity contribution is 7.92. The van der Waals surface area contributed by atoms with E-state index in [2.05, 4.69) is 5.32 Å². The van der Waals surface area contributed by atoms with Crippen LogP contribution < -0.4 is 9.62 Å². The second-order valence-electron chi connectivity index (χ2n) is 10.3. The molecule has 2 amide bonds. The molecule has 1 N–H and O–H groups in total. The van der Waals surface area contributed by atoms with Gasteiger partial charge in [-0.25, -0.2) is 8.42 Å². The molecule has 232 valence electrons. The van der Waals surface area contributed by atoms with Crippen LogP contribution in [-0.2, 0) is 38.8 Å². The Bertz CT molecular complexity index is 1430. The Balaban J connectivity index is 1.86. The van der Waals surface area contributed by atoms with Gasteiger partial charge in [-0.2, -0.15) is 13.2 Å². The van der Waals surface area contributed by atoms with E-state index >= 15 is 0 Å². The lowest BCUT2D eigenvalue weighted by molar-refractivity contribution is -0.141. The number of carbonyl (C=O) groups is 2. The molecule has 0 bridgehead atoms. The SMILES string of the molecule is CCCCNC(=O)[C@@H](Cc1ccccc1)N(Cc1ccccc1)C(=O)CCCN(c1cccc(C(F)(F)F)c1)S(C)(=O)=O. The molecule has 0 aliphatic carbocycles. The largest absolute Gasteiger partial charge is 0.416 e. The number of nitrogens with zero attached hydrogens (tertiary/aromatic N) is 2. The van der Waals surface area contributed by atoms with Gasteiger partial charge >= 0.3 is 6.18 Å². The van der Waals surface area contributed by atoms with Crippen LogP contribution in [0.3, 0.4) is 0 Å². The predicted octanol–water partition coefficient (Wildman–Crippen LogP) is 5.81. The van der Waals surface area contributed by atoms with Gasteiger partial charge in [-0.15, -0.1) is 0 Å². The summed E-state index contributed by atoms with van der Waals surface area (Å²) in [6.07, 6.45) is -1.87. The minimum absolute atomic E-state index is 0.0307. The van der Waals surface area contributed by atoms with Gasteiger partial charge in [-0.3, -0.25) is 13.9 Å². The fourth-order valence-electron chi connectivity index (χ4n) is 4.68. The lowest BCUT2D eigenvalue weighted by Crippen LogP contribution is -2.50. The molecule has 0 aliphatic rings. The van der Waals surface area contributed by atoms with E-state index in [1.54, 1.807) is 0 Å². The monoisotopic (exact) mass is 617 g/mol. The lowest BCUT2D eigenvalue weighted by Gasteiger charge is -2.32. The molecule has 0 heterocycles. The first-order valence-electron chi connectivity index (χ1n) is 14.2. The molecule has 3 aromatic rings. The van der Waals surface area contributed by atoms with E-state index in [-0.39, 0.29) is 49.9 Å². The molecule has 11 heteroatoms. The van der Waals surface area contributed by atoms with Crippen LogP contribution >= 0.6 is 0 Å². The van der Waals surface area contributed by atoms with Gasteiger partial charge < -0.3 is 10.2 Å². The first kappa shape index (κ1) is 33.6. The molecule has 1 atom stereocenters. The molecule has 3 rings (SSSR count). The third kappa shape index (κ3) is 10.4. The van der Waals surface area contributed by atoms with E-state index in [0.29, 0.717) is 6.54 Å². The van der Waals surface area contributed by atoms with Gasteiger partial charge in [0.1, 0.15) is 6.04 Å². The van der Waals surface area contributed by atoms with Gasteiger partial charge in [0.2, 0.25) is 21.8 Å². The smallest absolute Gasteiger partial charge is 0.354 e. The van der Waals surface area contributed by atoms with Crippen molar-refractivity contribution in [3.05, 3.63) is 102 Å². The average Bonchev–Trinajstić information content (AvgIpc) is 2.97. The number of hydrogen-bond donors (Lipinski definition) is 1. The molecule has 43 heavy (non-hydrogen) atoms. The standard InChI is InChI=1S/C32H38F3N3O4S/c1-3-4-20-36-31(40)29(22-25-13-7-5-8-14-25)37(24-26-15-9-6-10-16-26)30(39)19-12-21-38(43(2,41)42)28-18-11-17-27(23-28)32(33,34)35/h5-11,13-18,23,29H,3-4,12,19-22,24H2,1-2H3,(H,36,40)/t29-/m1/s1. The summed E-state index contributed by atoms with van der Waals surface area (Å²) in [6.45, 7) is 2.42. The van der Waals surface area contributed by atoms with Crippen LogP contribution in [0.1, 0.15) is 49.3 Å². The molecular weight excluding hydrogens is 579 g/mol. The number of sulfonamides is 1. The Morgan fingerprint density at radius 2 is 1.51 bits per heavy atom. The van der Waals surface area contributed by atoms with E-state index in [1.165, 1.54) is 11.0 Å². The molecule has 0 saturated carbocycles. The van der Waals surface area contributed by atoms with E-state index in [1.807, 2.05) is 67.6 Å². The summed E-state index contributed by atoms with van der Waals surface area (Å²) in [5.41, 5.74) is 0.582. The molecule has 0 saturated heterocycles. The summed E-state index contributed by atoms with van der Waals surface area (Å²) >= 11 is 0. The number of unbranched alkanes of at least 4 members (excludes halogenated alkanes) is 1. The Labute approximate surface area is 251 Å². The Morgan fingerprint density at radius 1 is 0.884 bits per heavy atom. The fraction of sp³-hybridized carbons (Fsp3) is 0.375. The van der Waals surface area contributed by atoms with Crippen molar-refractivity contribution in [2.45, 2.75) is 57.8 Å². The van der Waals surface area contributed by atoms with Crippen molar-refractivity contribution in [2.24, 2.45) is 0 Å². The third-order valence-electron chi connectivity index (χ3n) is 6.91. The van der Waals surface area contributed by atoms with E-state index in [4.69, 9.17) is 0 Å². The lowest BCUT2D eigenvalue weighted by atomic mass is 10.0. The number of halogens is 3. The molecule has 7 nitrogen and oxygen atoms in total. The molecule has 3 aromatic carbocycles. The number of amides is 2. The van der Waals surface area contributed by atoms with Crippen LogP contribution in [0.5, 0.6) is 0 Å². The van der Waals surface area contributed by atoms with Crippen molar-refractivity contribution in [3.8, 4) is 0 Å². The van der Waals surface area contributed by atoms with Crippen molar-refractivity contribution >= 4 is 27.5 Å². The number of anilines is 1. The summed E-state index contributed by atoms with van der Waals surface area (Å²) in [4.78, 5) is 28.8. The molecular formula is C32H38F3N3O4S. The van der Waals surface area contributed by atoms with Crippen LogP contribution in [-0.4, -0.2) is 50.5 Å². The molecule has 0 unspecified atom stereocenters. The second kappa shape index (κ2) is 15.6. The molecule has 0 radical (unpaired) electrons. The topological polar surface area (TPSA) is 86.8 Å². The zero-order chi connectivity index (χ0) is 31.5. The highest BCUT2D eigenvalue weighted by atomic mass is 32.2. The van der Waals surface area contributed by atoms with Crippen molar-refractivity contribution < 1.29 is 31.2 Å². The van der Waals surface area contributed by atoms with Crippen LogP contribution in [0, 0.1) is 0 Å².